The van der Waals surface area contributed by atoms with E-state index in [-0.39, 0.29) is 11.4 Å². The fraction of sp³-hybridized carbons (Fsp3) is 0.556. The van der Waals surface area contributed by atoms with Gasteiger partial charge in [-0.2, -0.15) is 5.10 Å². The van der Waals surface area contributed by atoms with Crippen LogP contribution in [0, 0.1) is 0 Å². The molecule has 0 radical (unpaired) electrons. The summed E-state index contributed by atoms with van der Waals surface area (Å²) in [5, 5.41) is 32.1. The highest BCUT2D eigenvalue weighted by atomic mass is 16.6. The summed E-state index contributed by atoms with van der Waals surface area (Å²) in [7, 11) is 0. The van der Waals surface area contributed by atoms with Gasteiger partial charge in [-0.25, -0.2) is 4.68 Å². The SMILES string of the molecule is NC(=O)c1cnn([C@@H]2O[C@@H](CO)[C@H](O)[C@@H]2O)c1N. The third-order valence-electron chi connectivity index (χ3n) is 2.86. The zero-order chi connectivity index (χ0) is 13.4. The van der Waals surface area contributed by atoms with E-state index in [9.17, 15) is 15.0 Å². The van der Waals surface area contributed by atoms with Crippen LogP contribution in [-0.4, -0.2) is 55.9 Å². The summed E-state index contributed by atoms with van der Waals surface area (Å²) in [5.41, 5.74) is 10.7. The van der Waals surface area contributed by atoms with Gasteiger partial charge in [-0.15, -0.1) is 0 Å². The molecule has 1 aromatic rings. The predicted octanol–water partition coefficient (Wildman–Crippen LogP) is -2.82. The number of carbonyl (C=O) groups excluding carboxylic acids is 1. The van der Waals surface area contributed by atoms with E-state index in [0.717, 1.165) is 10.9 Å². The van der Waals surface area contributed by atoms with E-state index in [2.05, 4.69) is 5.10 Å². The molecular formula is C9H14N4O5. The van der Waals surface area contributed by atoms with Crippen molar-refractivity contribution in [2.24, 2.45) is 5.73 Å². The average Bonchev–Trinajstić information content (AvgIpc) is 2.82. The molecule has 1 aliphatic heterocycles. The molecular weight excluding hydrogens is 244 g/mol. The fourth-order valence-corrected chi connectivity index (χ4v) is 1.85. The Kier molecular flexibility index (Phi) is 3.22. The molecule has 9 nitrogen and oxygen atoms in total. The first-order valence-electron chi connectivity index (χ1n) is 5.22. The lowest BCUT2D eigenvalue weighted by Crippen LogP contribution is -2.33. The van der Waals surface area contributed by atoms with Crippen molar-refractivity contribution in [2.45, 2.75) is 24.5 Å². The lowest BCUT2D eigenvalue weighted by molar-refractivity contribution is -0.0574. The van der Waals surface area contributed by atoms with Crippen LogP contribution >= 0.6 is 0 Å². The minimum absolute atomic E-state index is 0.00672. The van der Waals surface area contributed by atoms with Crippen LogP contribution in [0.5, 0.6) is 0 Å². The normalized spacial score (nSPS) is 31.7. The summed E-state index contributed by atoms with van der Waals surface area (Å²) >= 11 is 0. The maximum absolute atomic E-state index is 11.0. The van der Waals surface area contributed by atoms with Gasteiger partial charge >= 0.3 is 0 Å². The molecule has 100 valence electrons. The highest BCUT2D eigenvalue weighted by Crippen LogP contribution is 2.31. The summed E-state index contributed by atoms with van der Waals surface area (Å²) in [6, 6.07) is 0. The van der Waals surface area contributed by atoms with E-state index in [0.29, 0.717) is 0 Å². The van der Waals surface area contributed by atoms with E-state index >= 15 is 0 Å². The zero-order valence-electron chi connectivity index (χ0n) is 9.30. The van der Waals surface area contributed by atoms with Gasteiger partial charge in [0.15, 0.2) is 6.23 Å². The van der Waals surface area contributed by atoms with Gasteiger partial charge in [0.25, 0.3) is 5.91 Å². The summed E-state index contributed by atoms with van der Waals surface area (Å²) in [4.78, 5) is 11.0. The number of aliphatic hydroxyl groups excluding tert-OH is 3. The molecule has 1 fully saturated rings. The number of aliphatic hydroxyl groups is 3. The van der Waals surface area contributed by atoms with Gasteiger partial charge in [-0.05, 0) is 0 Å². The van der Waals surface area contributed by atoms with Crippen molar-refractivity contribution >= 4 is 11.7 Å². The van der Waals surface area contributed by atoms with Crippen LogP contribution in [0.1, 0.15) is 16.6 Å². The molecule has 1 aromatic heterocycles. The number of nitrogens with zero attached hydrogens (tertiary/aromatic N) is 2. The van der Waals surface area contributed by atoms with Crippen LogP contribution in [0.25, 0.3) is 0 Å². The third-order valence-corrected chi connectivity index (χ3v) is 2.86. The van der Waals surface area contributed by atoms with E-state index in [1.54, 1.807) is 0 Å². The van der Waals surface area contributed by atoms with E-state index < -0.39 is 37.1 Å². The maximum atomic E-state index is 11.0. The number of aromatic nitrogens is 2. The number of anilines is 1. The van der Waals surface area contributed by atoms with E-state index in [1.165, 1.54) is 0 Å². The van der Waals surface area contributed by atoms with Crippen molar-refractivity contribution in [1.29, 1.82) is 0 Å². The largest absolute Gasteiger partial charge is 0.394 e. The molecule has 0 saturated carbocycles. The highest BCUT2D eigenvalue weighted by Gasteiger charge is 2.44. The summed E-state index contributed by atoms with van der Waals surface area (Å²) in [5.74, 6) is -0.831. The topological polar surface area (TPSA) is 157 Å². The number of carbonyl (C=O) groups is 1. The smallest absolute Gasteiger partial charge is 0.254 e. The first kappa shape index (κ1) is 12.8. The second-order valence-electron chi connectivity index (χ2n) is 3.98. The van der Waals surface area contributed by atoms with Crippen molar-refractivity contribution in [3.05, 3.63) is 11.8 Å². The number of nitrogen functional groups attached to an aromatic ring is 1. The fourth-order valence-electron chi connectivity index (χ4n) is 1.85. The van der Waals surface area contributed by atoms with Crippen molar-refractivity contribution in [1.82, 2.24) is 9.78 Å². The van der Waals surface area contributed by atoms with Crippen LogP contribution in [0.3, 0.4) is 0 Å². The lowest BCUT2D eigenvalue weighted by Gasteiger charge is -2.16. The number of amides is 1. The van der Waals surface area contributed by atoms with Crippen molar-refractivity contribution in [3.8, 4) is 0 Å². The van der Waals surface area contributed by atoms with Gasteiger partial charge in [-0.1, -0.05) is 0 Å². The maximum Gasteiger partial charge on any atom is 0.254 e. The molecule has 0 aromatic carbocycles. The second kappa shape index (κ2) is 4.53. The molecule has 1 amide bonds. The number of hydrogen-bond donors (Lipinski definition) is 5. The van der Waals surface area contributed by atoms with Crippen molar-refractivity contribution in [3.63, 3.8) is 0 Å². The second-order valence-corrected chi connectivity index (χ2v) is 3.98. The van der Waals surface area contributed by atoms with Gasteiger partial charge in [0.1, 0.15) is 29.7 Å². The number of rotatable bonds is 3. The molecule has 0 aliphatic carbocycles. The first-order chi connectivity index (χ1) is 8.47. The molecule has 0 unspecified atom stereocenters. The van der Waals surface area contributed by atoms with Crippen LogP contribution in [0.15, 0.2) is 6.20 Å². The van der Waals surface area contributed by atoms with Crippen LogP contribution < -0.4 is 11.5 Å². The van der Waals surface area contributed by atoms with Gasteiger partial charge in [0.2, 0.25) is 0 Å². The summed E-state index contributed by atoms with van der Waals surface area (Å²) < 4.78 is 6.26. The van der Waals surface area contributed by atoms with Gasteiger partial charge < -0.3 is 31.5 Å². The molecule has 1 saturated heterocycles. The van der Waals surface area contributed by atoms with Gasteiger partial charge in [0, 0.05) is 0 Å². The summed E-state index contributed by atoms with van der Waals surface area (Å²) in [6.07, 6.45) is -3.45. The number of nitrogens with two attached hydrogens (primary N) is 2. The van der Waals surface area contributed by atoms with Crippen molar-refractivity contribution in [2.75, 3.05) is 12.3 Å². The van der Waals surface area contributed by atoms with Crippen molar-refractivity contribution < 1.29 is 24.9 Å². The Bertz CT molecular complexity index is 462. The van der Waals surface area contributed by atoms with E-state index in [1.807, 2.05) is 0 Å². The number of ether oxygens (including phenoxy) is 1. The Labute approximate surface area is 102 Å². The number of hydrogen-bond acceptors (Lipinski definition) is 7. The van der Waals surface area contributed by atoms with Crippen LogP contribution in [0.4, 0.5) is 5.82 Å². The number of primary amides is 1. The molecule has 2 heterocycles. The molecule has 9 heteroatoms. The quantitative estimate of drug-likeness (QED) is 0.391. The van der Waals surface area contributed by atoms with Crippen LogP contribution in [0.2, 0.25) is 0 Å². The molecule has 0 bridgehead atoms. The third kappa shape index (κ3) is 1.82. The monoisotopic (exact) mass is 258 g/mol. The Morgan fingerprint density at radius 3 is 2.61 bits per heavy atom. The minimum Gasteiger partial charge on any atom is -0.394 e. The molecule has 0 spiro atoms. The molecule has 4 atom stereocenters. The summed E-state index contributed by atoms with van der Waals surface area (Å²) in [6.45, 7) is -0.460. The Morgan fingerprint density at radius 2 is 2.17 bits per heavy atom. The molecule has 7 N–H and O–H groups in total. The molecule has 1 aliphatic rings. The predicted molar refractivity (Wildman–Crippen MR) is 58.2 cm³/mol. The van der Waals surface area contributed by atoms with Crippen LogP contribution in [-0.2, 0) is 4.74 Å². The Balaban J connectivity index is 2.30. The van der Waals surface area contributed by atoms with Gasteiger partial charge in [0.05, 0.1) is 12.8 Å². The minimum atomic E-state index is -1.31. The average molecular weight is 258 g/mol. The highest BCUT2D eigenvalue weighted by molar-refractivity contribution is 5.96. The lowest BCUT2D eigenvalue weighted by atomic mass is 10.1. The Morgan fingerprint density at radius 1 is 1.50 bits per heavy atom. The van der Waals surface area contributed by atoms with Gasteiger partial charge in [-0.3, -0.25) is 4.79 Å². The van der Waals surface area contributed by atoms with E-state index in [4.69, 9.17) is 21.3 Å². The zero-order valence-corrected chi connectivity index (χ0v) is 9.30. The molecule has 2 rings (SSSR count). The Hall–Kier alpha value is -1.68. The standard InChI is InChI=1S/C9H14N4O5/c10-7-3(8(11)17)1-12-13(7)9-6(16)5(15)4(2-14)18-9/h1,4-6,9,14-16H,2,10H2,(H2,11,17)/t4-,5-,6-,9+/m0/s1. The first-order valence-corrected chi connectivity index (χ1v) is 5.22. The molecule has 18 heavy (non-hydrogen) atoms.